The Morgan fingerprint density at radius 3 is 1.08 bits per heavy atom. The van der Waals surface area contributed by atoms with Gasteiger partial charge in [-0.05, 0) is 81.9 Å². The number of thiophene rings is 4. The summed E-state index contributed by atoms with van der Waals surface area (Å²) < 4.78 is 5.38. The third-order valence-electron chi connectivity index (χ3n) is 9.22. The molecule has 0 nitrogen and oxygen atoms in total. The molecule has 10 aromatic rings. The molecule has 48 heavy (non-hydrogen) atoms. The number of hydrogen-bond donors (Lipinski definition) is 0. The topological polar surface area (TPSA) is 0 Å². The van der Waals surface area contributed by atoms with Gasteiger partial charge in [0.15, 0.2) is 0 Å². The van der Waals surface area contributed by atoms with Gasteiger partial charge in [0.1, 0.15) is 0 Å². The summed E-state index contributed by atoms with van der Waals surface area (Å²) in [5.74, 6) is 0. The number of rotatable bonds is 5. The number of fused-ring (bicyclic) bond motifs is 6. The normalized spacial score (nSPS) is 11.8. The highest BCUT2D eigenvalue weighted by atomic mass is 32.1. The van der Waals surface area contributed by atoms with Crippen molar-refractivity contribution < 1.29 is 0 Å². The molecule has 0 atom stereocenters. The molecule has 4 aromatic heterocycles. The Bertz CT molecular complexity index is 2570. The maximum Gasteiger partial charge on any atom is 0.0449 e. The molecular weight excluding hydrogens is 657 g/mol. The fourth-order valence-electron chi connectivity index (χ4n) is 6.91. The van der Waals surface area contributed by atoms with E-state index in [1.807, 2.05) is 45.3 Å². The SMILES string of the molecule is c1ccc2c(c1)sc1cccc(-c3ccc(-c4ccc(-c5ccc(-c6ccc(-c7cccc8sc9ccccc9c78)cc6)s5)s4)cc3)c12. The molecule has 4 heteroatoms. The van der Waals surface area contributed by atoms with E-state index in [0.717, 1.165) is 0 Å². The van der Waals surface area contributed by atoms with Gasteiger partial charge in [0.25, 0.3) is 0 Å². The second-order valence-electron chi connectivity index (χ2n) is 12.0. The predicted octanol–water partition coefficient (Wildman–Crippen LogP) is 14.9. The maximum atomic E-state index is 2.28. The molecule has 0 amide bonds. The van der Waals surface area contributed by atoms with Crippen molar-refractivity contribution in [2.75, 3.05) is 0 Å². The Hall–Kier alpha value is -4.84. The van der Waals surface area contributed by atoms with Crippen molar-refractivity contribution in [1.82, 2.24) is 0 Å². The lowest BCUT2D eigenvalue weighted by molar-refractivity contribution is 1.66. The quantitative estimate of drug-likeness (QED) is 0.169. The molecule has 0 saturated carbocycles. The lowest BCUT2D eigenvalue weighted by atomic mass is 9.98. The summed E-state index contributed by atoms with van der Waals surface area (Å²) in [5, 5.41) is 5.41. The zero-order chi connectivity index (χ0) is 31.6. The lowest BCUT2D eigenvalue weighted by Crippen LogP contribution is -1.80. The van der Waals surface area contributed by atoms with Crippen LogP contribution >= 0.6 is 45.3 Å². The van der Waals surface area contributed by atoms with Crippen LogP contribution in [0.15, 0.2) is 158 Å². The van der Waals surface area contributed by atoms with Gasteiger partial charge in [-0.15, -0.1) is 45.3 Å². The number of hydrogen-bond acceptors (Lipinski definition) is 4. The van der Waals surface area contributed by atoms with E-state index in [1.165, 1.54) is 93.2 Å². The van der Waals surface area contributed by atoms with Gasteiger partial charge in [-0.3, -0.25) is 0 Å². The second kappa shape index (κ2) is 11.4. The van der Waals surface area contributed by atoms with Crippen LogP contribution in [0.5, 0.6) is 0 Å². The average molecular weight is 683 g/mol. The monoisotopic (exact) mass is 682 g/mol. The van der Waals surface area contributed by atoms with Gasteiger partial charge >= 0.3 is 0 Å². The van der Waals surface area contributed by atoms with Crippen molar-refractivity contribution in [2.24, 2.45) is 0 Å². The lowest BCUT2D eigenvalue weighted by Gasteiger charge is -2.06. The highest BCUT2D eigenvalue weighted by molar-refractivity contribution is 7.26. The molecule has 0 aliphatic rings. The zero-order valence-corrected chi connectivity index (χ0v) is 28.9. The first-order valence-electron chi connectivity index (χ1n) is 16.0. The van der Waals surface area contributed by atoms with Crippen LogP contribution in [-0.4, -0.2) is 0 Å². The third kappa shape index (κ3) is 4.68. The molecule has 0 aliphatic carbocycles. The first kappa shape index (κ1) is 28.2. The van der Waals surface area contributed by atoms with Crippen LogP contribution in [-0.2, 0) is 0 Å². The molecule has 0 spiro atoms. The molecule has 10 rings (SSSR count). The highest BCUT2D eigenvalue weighted by Gasteiger charge is 2.14. The summed E-state index contributed by atoms with van der Waals surface area (Å²) in [6.07, 6.45) is 0. The van der Waals surface area contributed by atoms with Crippen molar-refractivity contribution >= 4 is 85.7 Å². The largest absolute Gasteiger partial charge is 0.135 e. The van der Waals surface area contributed by atoms with Gasteiger partial charge in [-0.1, -0.05) is 109 Å². The van der Waals surface area contributed by atoms with Crippen LogP contribution in [0.25, 0.3) is 93.2 Å². The van der Waals surface area contributed by atoms with Crippen molar-refractivity contribution in [1.29, 1.82) is 0 Å². The van der Waals surface area contributed by atoms with E-state index in [-0.39, 0.29) is 0 Å². The molecule has 0 N–H and O–H groups in total. The predicted molar refractivity (Wildman–Crippen MR) is 215 cm³/mol. The molecule has 226 valence electrons. The summed E-state index contributed by atoms with van der Waals surface area (Å²) in [4.78, 5) is 5.22. The summed E-state index contributed by atoms with van der Waals surface area (Å²) >= 11 is 7.49. The average Bonchev–Trinajstić information content (AvgIpc) is 3.96. The summed E-state index contributed by atoms with van der Waals surface area (Å²) in [6.45, 7) is 0. The number of benzene rings is 6. The van der Waals surface area contributed by atoms with Crippen LogP contribution in [0.2, 0.25) is 0 Å². The Labute approximate surface area is 294 Å². The summed E-state index contributed by atoms with van der Waals surface area (Å²) in [7, 11) is 0. The Morgan fingerprint density at radius 2 is 0.625 bits per heavy atom. The van der Waals surface area contributed by atoms with Crippen molar-refractivity contribution in [2.45, 2.75) is 0 Å². The van der Waals surface area contributed by atoms with E-state index in [2.05, 4.69) is 158 Å². The van der Waals surface area contributed by atoms with Crippen LogP contribution in [0.3, 0.4) is 0 Å². The van der Waals surface area contributed by atoms with Crippen molar-refractivity contribution in [3.8, 4) is 52.9 Å². The molecule has 0 fully saturated rings. The van der Waals surface area contributed by atoms with E-state index < -0.39 is 0 Å². The molecule has 4 heterocycles. The van der Waals surface area contributed by atoms with E-state index in [1.54, 1.807) is 0 Å². The minimum absolute atomic E-state index is 1.26. The Morgan fingerprint density at radius 1 is 0.250 bits per heavy atom. The zero-order valence-electron chi connectivity index (χ0n) is 25.6. The van der Waals surface area contributed by atoms with Gasteiger partial charge in [-0.25, -0.2) is 0 Å². The van der Waals surface area contributed by atoms with Crippen LogP contribution in [0.4, 0.5) is 0 Å². The van der Waals surface area contributed by atoms with Crippen LogP contribution in [0.1, 0.15) is 0 Å². The standard InChI is InChI=1S/C44H26S4/c1-3-11-37-33(7-1)43-31(9-5-13-41(43)47-37)27-15-19-29(20-16-27)35-23-25-39(45-35)40-26-24-36(46-40)30-21-17-28(18-22-30)32-10-6-14-42-44(32)34-8-2-4-12-38(34)48-42/h1-26H. The minimum Gasteiger partial charge on any atom is -0.135 e. The minimum atomic E-state index is 1.26. The highest BCUT2D eigenvalue weighted by Crippen LogP contribution is 2.44. The Kier molecular flexibility index (Phi) is 6.70. The van der Waals surface area contributed by atoms with Crippen LogP contribution < -0.4 is 0 Å². The van der Waals surface area contributed by atoms with Gasteiger partial charge in [-0.2, -0.15) is 0 Å². The first-order valence-corrected chi connectivity index (χ1v) is 19.3. The molecule has 0 unspecified atom stereocenters. The van der Waals surface area contributed by atoms with E-state index in [9.17, 15) is 0 Å². The summed E-state index contributed by atoms with van der Waals surface area (Å²) in [5.41, 5.74) is 7.66. The van der Waals surface area contributed by atoms with Crippen LogP contribution in [0, 0.1) is 0 Å². The van der Waals surface area contributed by atoms with Gasteiger partial charge in [0.2, 0.25) is 0 Å². The summed E-state index contributed by atoms with van der Waals surface area (Å²) in [6, 6.07) is 58.2. The molecule has 6 aromatic carbocycles. The molecule has 0 saturated heterocycles. The molecular formula is C44H26S4. The fraction of sp³-hybridized carbons (Fsp3) is 0. The maximum absolute atomic E-state index is 2.28. The molecule has 0 aliphatic heterocycles. The van der Waals surface area contributed by atoms with E-state index in [4.69, 9.17) is 0 Å². The smallest absolute Gasteiger partial charge is 0.0449 e. The third-order valence-corrected chi connectivity index (χ3v) is 14.0. The van der Waals surface area contributed by atoms with Crippen molar-refractivity contribution in [3.63, 3.8) is 0 Å². The first-order chi connectivity index (χ1) is 23.8. The van der Waals surface area contributed by atoms with Gasteiger partial charge < -0.3 is 0 Å². The van der Waals surface area contributed by atoms with Gasteiger partial charge in [0.05, 0.1) is 0 Å². The molecule has 0 bridgehead atoms. The molecule has 0 radical (unpaired) electrons. The second-order valence-corrected chi connectivity index (χ2v) is 16.4. The van der Waals surface area contributed by atoms with E-state index in [0.29, 0.717) is 0 Å². The Balaban J connectivity index is 0.914. The van der Waals surface area contributed by atoms with E-state index >= 15 is 0 Å². The van der Waals surface area contributed by atoms with Gasteiger partial charge in [0, 0.05) is 59.9 Å². The fourth-order valence-corrected chi connectivity index (χ4v) is 11.3. The van der Waals surface area contributed by atoms with Crippen molar-refractivity contribution in [3.05, 3.63) is 158 Å².